The van der Waals surface area contributed by atoms with Gasteiger partial charge in [-0.15, -0.1) is 0 Å². The molecule has 0 amide bonds. The summed E-state index contributed by atoms with van der Waals surface area (Å²) in [6.45, 7) is 8.10. The summed E-state index contributed by atoms with van der Waals surface area (Å²) in [5.74, 6) is 0. The van der Waals surface area contributed by atoms with Gasteiger partial charge in [0.25, 0.3) is 14.1 Å². The van der Waals surface area contributed by atoms with Crippen molar-refractivity contribution in [3.05, 3.63) is 33.1 Å². The number of hydrogen-bond donors (Lipinski definition) is 2. The Morgan fingerprint density at radius 3 is 2.38 bits per heavy atom. The lowest BCUT2D eigenvalue weighted by Crippen LogP contribution is -2.43. The molecule has 2 rings (SSSR count). The topological polar surface area (TPSA) is 166 Å². The van der Waals surface area contributed by atoms with Crippen molar-refractivity contribution >= 4 is 16.3 Å². The van der Waals surface area contributed by atoms with E-state index in [1.54, 1.807) is 0 Å². The van der Waals surface area contributed by atoms with Crippen LogP contribution in [-0.2, 0) is 32.1 Å². The van der Waals surface area contributed by atoms with Gasteiger partial charge in [0.05, 0.1) is 19.1 Å². The molecule has 1 aromatic heterocycles. The van der Waals surface area contributed by atoms with Crippen molar-refractivity contribution in [2.45, 2.75) is 70.7 Å². The lowest BCUT2D eigenvalue weighted by Gasteiger charge is -2.38. The lowest BCUT2D eigenvalue weighted by molar-refractivity contribution is -0.0528. The monoisotopic (exact) mass is 565 g/mol. The van der Waals surface area contributed by atoms with Crippen LogP contribution >= 0.6 is 16.3 Å². The minimum atomic E-state index is -3.62. The van der Waals surface area contributed by atoms with Crippen LogP contribution < -0.4 is 16.3 Å². The molecular formula is C21H37N5O9P2. The van der Waals surface area contributed by atoms with Crippen LogP contribution in [-0.4, -0.2) is 79.1 Å². The van der Waals surface area contributed by atoms with Gasteiger partial charge in [-0.1, -0.05) is 0 Å². The predicted molar refractivity (Wildman–Crippen MR) is 136 cm³/mol. The van der Waals surface area contributed by atoms with E-state index in [1.807, 2.05) is 32.4 Å². The normalized spacial score (nSPS) is 23.2. The molecule has 210 valence electrons. The minimum absolute atomic E-state index is 0.0351. The first kappa shape index (κ1) is 31.7. The van der Waals surface area contributed by atoms with Gasteiger partial charge in [0.2, 0.25) is 0 Å². The number of aromatic nitrogens is 2. The minimum Gasteiger partial charge on any atom is -0.374 e. The van der Waals surface area contributed by atoms with Gasteiger partial charge in [-0.3, -0.25) is 14.3 Å². The largest absolute Gasteiger partial charge is 0.405 e. The van der Waals surface area contributed by atoms with Crippen LogP contribution in [0.5, 0.6) is 0 Å². The Bertz CT molecular complexity index is 1040. The highest BCUT2D eigenvalue weighted by Gasteiger charge is 2.50. The van der Waals surface area contributed by atoms with E-state index in [0.717, 1.165) is 0 Å². The van der Waals surface area contributed by atoms with Gasteiger partial charge in [-0.2, -0.15) is 5.26 Å². The fourth-order valence-corrected chi connectivity index (χ4v) is 6.49. The van der Waals surface area contributed by atoms with E-state index in [-0.39, 0.29) is 31.7 Å². The lowest BCUT2D eigenvalue weighted by atomic mass is 10.1. The summed E-state index contributed by atoms with van der Waals surface area (Å²) in [5.41, 5.74) is -1.25. The van der Waals surface area contributed by atoms with Gasteiger partial charge < -0.3 is 27.6 Å². The van der Waals surface area contributed by atoms with Crippen molar-refractivity contribution < 1.29 is 32.1 Å². The average Bonchev–Trinajstić information content (AvgIpc) is 3.18. The molecule has 2 N–H and O–H groups in total. The number of rotatable bonds is 15. The van der Waals surface area contributed by atoms with E-state index in [0.29, 0.717) is 0 Å². The molecule has 16 heteroatoms. The number of nitriles is 1. The molecule has 0 radical (unpaired) electrons. The van der Waals surface area contributed by atoms with Gasteiger partial charge in [-0.05, 0) is 27.7 Å². The second-order valence-corrected chi connectivity index (χ2v) is 12.1. The summed E-state index contributed by atoms with van der Waals surface area (Å²) in [5, 5.41) is 11.7. The van der Waals surface area contributed by atoms with Crippen molar-refractivity contribution in [2.24, 2.45) is 0 Å². The number of ether oxygens (including phenoxy) is 2. The number of aromatic amines is 1. The summed E-state index contributed by atoms with van der Waals surface area (Å²) < 4.78 is 50.3. The molecule has 0 aliphatic carbocycles. The zero-order valence-corrected chi connectivity index (χ0v) is 23.9. The molecule has 0 aromatic carbocycles. The number of methoxy groups -OCH3 is 1. The molecule has 1 saturated heterocycles. The molecule has 0 spiro atoms. The Hall–Kier alpha value is -1.49. The summed E-state index contributed by atoms with van der Waals surface area (Å²) >= 11 is 0. The van der Waals surface area contributed by atoms with Crippen LogP contribution in [0.1, 0.15) is 40.3 Å². The second kappa shape index (κ2) is 14.6. The van der Waals surface area contributed by atoms with E-state index in [1.165, 1.54) is 38.2 Å². The van der Waals surface area contributed by atoms with E-state index in [2.05, 4.69) is 16.1 Å². The van der Waals surface area contributed by atoms with Gasteiger partial charge in [0.15, 0.2) is 6.23 Å². The summed E-state index contributed by atoms with van der Waals surface area (Å²) in [4.78, 5) is 26.4. The van der Waals surface area contributed by atoms with Crippen LogP contribution in [0.4, 0.5) is 0 Å². The molecule has 14 nitrogen and oxygen atoms in total. The third-order valence-corrected chi connectivity index (χ3v) is 9.18. The Labute approximate surface area is 217 Å². The first-order chi connectivity index (χ1) is 17.5. The van der Waals surface area contributed by atoms with Crippen LogP contribution in [0, 0.1) is 11.3 Å². The molecule has 37 heavy (non-hydrogen) atoms. The van der Waals surface area contributed by atoms with Gasteiger partial charge in [-0.25, -0.2) is 19.1 Å². The van der Waals surface area contributed by atoms with Crippen molar-refractivity contribution in [2.75, 3.05) is 34.5 Å². The smallest absolute Gasteiger partial charge is 0.374 e. The maximum absolute atomic E-state index is 12.7. The Morgan fingerprint density at radius 2 is 1.86 bits per heavy atom. The average molecular weight is 566 g/mol. The maximum atomic E-state index is 12.7. The van der Waals surface area contributed by atoms with Crippen molar-refractivity contribution in [3.8, 4) is 6.07 Å². The SMILES string of the molecule is CO[C@@H]1[C@H](OP(OCCC#N)N(C(C)C)C(C)C)[C@@H](CNP(=O)(OC)OC)O[C@H]1n1ccc(=O)[nH]c1=O. The summed E-state index contributed by atoms with van der Waals surface area (Å²) in [6.07, 6.45) is -1.97. The molecule has 1 unspecified atom stereocenters. The highest BCUT2D eigenvalue weighted by Crippen LogP contribution is 2.50. The molecular weight excluding hydrogens is 528 g/mol. The fraction of sp³-hybridized carbons (Fsp3) is 0.762. The summed E-state index contributed by atoms with van der Waals surface area (Å²) in [7, 11) is -1.40. The summed E-state index contributed by atoms with van der Waals surface area (Å²) in [6, 6.07) is 3.32. The molecule has 0 bridgehead atoms. The van der Waals surface area contributed by atoms with Crippen LogP contribution in [0.15, 0.2) is 21.9 Å². The zero-order chi connectivity index (χ0) is 27.8. The number of nitrogens with zero attached hydrogens (tertiary/aromatic N) is 3. The highest BCUT2D eigenvalue weighted by molar-refractivity contribution is 7.51. The molecule has 0 saturated carbocycles. The maximum Gasteiger partial charge on any atom is 0.405 e. The molecule has 1 aliphatic heterocycles. The third kappa shape index (κ3) is 8.25. The van der Waals surface area contributed by atoms with E-state index in [4.69, 9.17) is 32.8 Å². The van der Waals surface area contributed by atoms with Gasteiger partial charge in [0.1, 0.15) is 18.3 Å². The number of H-pyrrole nitrogens is 1. The van der Waals surface area contributed by atoms with Crippen molar-refractivity contribution in [3.63, 3.8) is 0 Å². The standard InChI is InChI=1S/C21H37N5O9P2/c1-14(2)26(15(3)4)36(33-12-8-10-22)35-18-16(13-23-37(29,31-6)32-7)34-20(19(18)30-5)25-11-9-17(27)24-21(25)28/h9,11,14-16,18-20H,8,12-13H2,1-7H3,(H,23,29)(H,24,27,28)/t16-,18-,19-,20-,36?/m1/s1. The number of hydrogen-bond acceptors (Lipinski definition) is 11. The first-order valence-electron chi connectivity index (χ1n) is 11.7. The Kier molecular flexibility index (Phi) is 12.5. The van der Waals surface area contributed by atoms with Crippen molar-refractivity contribution in [1.82, 2.24) is 19.3 Å². The first-order valence-corrected chi connectivity index (χ1v) is 14.4. The predicted octanol–water partition coefficient (Wildman–Crippen LogP) is 2.10. The highest BCUT2D eigenvalue weighted by atomic mass is 31.2. The van der Waals surface area contributed by atoms with E-state index < -0.39 is 52.1 Å². The molecule has 1 fully saturated rings. The Balaban J connectivity index is 2.47. The third-order valence-electron chi connectivity index (χ3n) is 5.52. The van der Waals surface area contributed by atoms with Crippen LogP contribution in [0.25, 0.3) is 0 Å². The molecule has 5 atom stereocenters. The van der Waals surface area contributed by atoms with Gasteiger partial charge in [0, 0.05) is 52.2 Å². The quantitative estimate of drug-likeness (QED) is 0.235. The number of nitrogens with one attached hydrogen (secondary N) is 2. The Morgan fingerprint density at radius 1 is 1.22 bits per heavy atom. The molecule has 1 aliphatic rings. The van der Waals surface area contributed by atoms with E-state index in [9.17, 15) is 14.2 Å². The molecule has 1 aromatic rings. The zero-order valence-electron chi connectivity index (χ0n) is 22.2. The van der Waals surface area contributed by atoms with Crippen LogP contribution in [0.2, 0.25) is 0 Å². The molecule has 2 heterocycles. The second-order valence-electron chi connectivity index (χ2n) is 8.62. The van der Waals surface area contributed by atoms with Crippen LogP contribution in [0.3, 0.4) is 0 Å². The van der Waals surface area contributed by atoms with Gasteiger partial charge >= 0.3 is 13.4 Å². The van der Waals surface area contributed by atoms with E-state index >= 15 is 0 Å². The van der Waals surface area contributed by atoms with Crippen molar-refractivity contribution in [1.29, 1.82) is 5.26 Å². The fourth-order valence-electron chi connectivity index (χ4n) is 3.91.